The molecule has 38 heavy (non-hydrogen) atoms. The summed E-state index contributed by atoms with van der Waals surface area (Å²) in [4.78, 5) is 40.8. The fraction of sp³-hybridized carbons (Fsp3) is 0.467. The van der Waals surface area contributed by atoms with Crippen LogP contribution in [0.4, 0.5) is 0 Å². The lowest BCUT2D eigenvalue weighted by atomic mass is 9.74. The molecule has 2 fully saturated rings. The van der Waals surface area contributed by atoms with E-state index >= 15 is 0 Å². The van der Waals surface area contributed by atoms with Crippen LogP contribution in [0.2, 0.25) is 0 Å². The lowest BCUT2D eigenvalue weighted by Gasteiger charge is -2.56. The second kappa shape index (κ2) is 9.75. The van der Waals surface area contributed by atoms with E-state index in [9.17, 15) is 9.59 Å². The first-order valence-corrected chi connectivity index (χ1v) is 13.6. The lowest BCUT2D eigenvalue weighted by molar-refractivity contribution is -0.216. The maximum absolute atomic E-state index is 13.6. The molecular formula is C30H34N2O6. The molecule has 3 aromatic rings. The van der Waals surface area contributed by atoms with Gasteiger partial charge in [-0.3, -0.25) is 9.79 Å². The summed E-state index contributed by atoms with van der Waals surface area (Å²) in [6, 6.07) is 10.9. The molecule has 6 rings (SSSR count). The number of benzene rings is 2. The Morgan fingerprint density at radius 2 is 1.97 bits per heavy atom. The van der Waals surface area contributed by atoms with Gasteiger partial charge in [-0.15, -0.1) is 0 Å². The van der Waals surface area contributed by atoms with Gasteiger partial charge in [-0.25, -0.2) is 9.59 Å². The van der Waals surface area contributed by atoms with Crippen molar-refractivity contribution < 1.29 is 28.8 Å². The molecule has 200 valence electrons. The van der Waals surface area contributed by atoms with E-state index in [0.29, 0.717) is 22.6 Å². The normalized spacial score (nSPS) is 23.5. The lowest BCUT2D eigenvalue weighted by Crippen LogP contribution is -2.64. The molecule has 0 radical (unpaired) electrons. The minimum atomic E-state index is -0.607. The van der Waals surface area contributed by atoms with Crippen LogP contribution >= 0.6 is 0 Å². The molecule has 0 saturated carbocycles. The summed E-state index contributed by atoms with van der Waals surface area (Å²) in [5, 5.41) is 0.900. The van der Waals surface area contributed by atoms with Crippen LogP contribution in [0.5, 0.6) is 5.75 Å². The third-order valence-electron chi connectivity index (χ3n) is 8.56. The maximum Gasteiger partial charge on any atom is 0.373 e. The first-order valence-electron chi connectivity index (χ1n) is 13.6. The fourth-order valence-corrected chi connectivity index (χ4v) is 6.80. The van der Waals surface area contributed by atoms with Gasteiger partial charge >= 0.3 is 11.9 Å². The number of carbonyl (C=O) groups excluding carboxylic acids is 2. The van der Waals surface area contributed by atoms with Crippen molar-refractivity contribution in [2.45, 2.75) is 64.2 Å². The highest BCUT2D eigenvalue weighted by Gasteiger charge is 2.52. The quantitative estimate of drug-likeness (QED) is 0.266. The number of aromatic amines is 1. The van der Waals surface area contributed by atoms with E-state index in [2.05, 4.69) is 25.7 Å². The van der Waals surface area contributed by atoms with Crippen LogP contribution in [-0.4, -0.2) is 47.7 Å². The molecule has 2 aromatic carbocycles. The molecule has 3 unspecified atom stereocenters. The molecule has 1 aromatic heterocycles. The Bertz CT molecular complexity index is 1390. The second-order valence-electron chi connectivity index (χ2n) is 10.7. The smallest absolute Gasteiger partial charge is 0.373 e. The van der Waals surface area contributed by atoms with Gasteiger partial charge in [0.25, 0.3) is 0 Å². The molecule has 3 atom stereocenters. The van der Waals surface area contributed by atoms with Gasteiger partial charge in [0.15, 0.2) is 5.72 Å². The van der Waals surface area contributed by atoms with Crippen molar-refractivity contribution >= 4 is 22.8 Å². The number of esters is 1. The minimum absolute atomic E-state index is 0.216. The van der Waals surface area contributed by atoms with Gasteiger partial charge in [-0.05, 0) is 75.8 Å². The summed E-state index contributed by atoms with van der Waals surface area (Å²) in [6.07, 6.45) is 6.10. The van der Waals surface area contributed by atoms with Crippen LogP contribution in [0, 0.1) is 12.8 Å². The average Bonchev–Trinajstić information content (AvgIpc) is 3.27. The third-order valence-corrected chi connectivity index (χ3v) is 8.56. The van der Waals surface area contributed by atoms with Gasteiger partial charge < -0.3 is 14.5 Å². The number of nitrogens with zero attached hydrogens (tertiary/aromatic N) is 1. The molecule has 3 aliphatic rings. The number of ether oxygens (including phenoxy) is 2. The molecule has 2 saturated heterocycles. The van der Waals surface area contributed by atoms with E-state index in [-0.39, 0.29) is 5.72 Å². The first kappa shape index (κ1) is 24.9. The van der Waals surface area contributed by atoms with Crippen LogP contribution in [0.3, 0.4) is 0 Å². The topological polar surface area (TPSA) is 90.1 Å². The molecule has 1 spiro atoms. The molecule has 8 heteroatoms. The summed E-state index contributed by atoms with van der Waals surface area (Å²) in [6.45, 7) is 5.89. The van der Waals surface area contributed by atoms with Crippen LogP contribution in [-0.2, 0) is 20.9 Å². The molecule has 0 aliphatic carbocycles. The number of rotatable bonds is 5. The van der Waals surface area contributed by atoms with Crippen LogP contribution in [0.1, 0.15) is 82.7 Å². The second-order valence-corrected chi connectivity index (χ2v) is 10.7. The Morgan fingerprint density at radius 3 is 2.82 bits per heavy atom. The van der Waals surface area contributed by atoms with Crippen LogP contribution in [0.25, 0.3) is 10.9 Å². The van der Waals surface area contributed by atoms with Gasteiger partial charge in [0.05, 0.1) is 18.2 Å². The highest BCUT2D eigenvalue weighted by molar-refractivity contribution is 6.07. The summed E-state index contributed by atoms with van der Waals surface area (Å²) in [5.74, 6) is 0.280. The van der Waals surface area contributed by atoms with E-state index in [4.69, 9.17) is 9.47 Å². The minimum Gasteiger partial charge on any atom is -0.472 e. The largest absolute Gasteiger partial charge is 0.472 e. The highest BCUT2D eigenvalue weighted by atomic mass is 17.2. The van der Waals surface area contributed by atoms with Gasteiger partial charge in [0.2, 0.25) is 0 Å². The van der Waals surface area contributed by atoms with Crippen molar-refractivity contribution in [2.24, 2.45) is 5.92 Å². The number of hydrogen-bond acceptors (Lipinski definition) is 7. The van der Waals surface area contributed by atoms with E-state index < -0.39 is 18.0 Å². The molecule has 3 aliphatic heterocycles. The van der Waals surface area contributed by atoms with Crippen LogP contribution < -0.4 is 4.74 Å². The highest BCUT2D eigenvalue weighted by Crippen LogP contribution is 2.50. The Morgan fingerprint density at radius 1 is 1.13 bits per heavy atom. The Labute approximate surface area is 222 Å². The Balaban J connectivity index is 1.32. The van der Waals surface area contributed by atoms with Crippen molar-refractivity contribution in [1.82, 2.24) is 9.88 Å². The molecular weight excluding hydrogens is 484 g/mol. The first-order chi connectivity index (χ1) is 18.4. The van der Waals surface area contributed by atoms with Gasteiger partial charge in [-0.2, -0.15) is 4.89 Å². The number of hydrogen-bond donors (Lipinski definition) is 1. The third kappa shape index (κ3) is 4.07. The predicted octanol–water partition coefficient (Wildman–Crippen LogP) is 5.64. The molecule has 0 amide bonds. The number of piperidine rings is 2. The number of aromatic nitrogens is 1. The summed E-state index contributed by atoms with van der Waals surface area (Å²) < 4.78 is 12.8. The van der Waals surface area contributed by atoms with Crippen molar-refractivity contribution in [2.75, 3.05) is 20.2 Å². The predicted molar refractivity (Wildman–Crippen MR) is 141 cm³/mol. The van der Waals surface area contributed by atoms with Crippen molar-refractivity contribution in [3.8, 4) is 5.75 Å². The fourth-order valence-electron chi connectivity index (χ4n) is 6.80. The zero-order valence-corrected chi connectivity index (χ0v) is 22.2. The van der Waals surface area contributed by atoms with Gasteiger partial charge in [-0.1, -0.05) is 12.1 Å². The molecule has 0 bridgehead atoms. The molecule has 8 nitrogen and oxygen atoms in total. The standard InChI is InChI=1S/C30H34N2O6/c1-18-26(29(34)36-19(2)20-8-6-9-21(16-20)28(33)38-35-3)27-23-17-22-10-7-15-32-14-5-4-13-30(22,32)37-25(23)12-11-24(27)31-18/h6,8-9,11-12,16,19,22,31H,4-5,7,10,13-15,17H2,1-3H3. The monoisotopic (exact) mass is 518 g/mol. The van der Waals surface area contributed by atoms with Crippen molar-refractivity contribution in [3.05, 3.63) is 64.3 Å². The number of nitrogens with one attached hydrogen (secondary N) is 1. The number of carbonyl (C=O) groups is 2. The van der Waals surface area contributed by atoms with Crippen LogP contribution in [0.15, 0.2) is 36.4 Å². The summed E-state index contributed by atoms with van der Waals surface area (Å²) in [5.41, 5.74) is 4.13. The zero-order chi connectivity index (χ0) is 26.4. The number of aryl methyl sites for hydroxylation is 1. The van der Waals surface area contributed by atoms with E-state index in [1.165, 1.54) is 26.4 Å². The molecule has 4 heterocycles. The Hall–Kier alpha value is -3.36. The Kier molecular flexibility index (Phi) is 6.40. The van der Waals surface area contributed by atoms with E-state index in [0.717, 1.165) is 60.3 Å². The van der Waals surface area contributed by atoms with Gasteiger partial charge in [0, 0.05) is 47.6 Å². The van der Waals surface area contributed by atoms with E-state index in [1.54, 1.807) is 25.1 Å². The number of fused-ring (bicyclic) bond motifs is 3. The molecule has 1 N–H and O–H groups in total. The zero-order valence-electron chi connectivity index (χ0n) is 22.2. The SMILES string of the molecule is COOC(=O)c1cccc(C(C)OC(=O)c2c(C)[nH]c3ccc4c(c23)CC2CCCN3CCCCC23O4)c1. The van der Waals surface area contributed by atoms with E-state index in [1.807, 2.05) is 19.1 Å². The number of H-pyrrole nitrogens is 1. The van der Waals surface area contributed by atoms with Crippen molar-refractivity contribution in [1.29, 1.82) is 0 Å². The average molecular weight is 519 g/mol. The van der Waals surface area contributed by atoms with Crippen molar-refractivity contribution in [3.63, 3.8) is 0 Å². The summed E-state index contributed by atoms with van der Waals surface area (Å²) in [7, 11) is 1.28. The maximum atomic E-state index is 13.6. The summed E-state index contributed by atoms with van der Waals surface area (Å²) >= 11 is 0. The van der Waals surface area contributed by atoms with Gasteiger partial charge in [0.1, 0.15) is 11.9 Å².